The molecule has 2 heterocycles. The van der Waals surface area contributed by atoms with Crippen LogP contribution >= 0.6 is 15.9 Å². The van der Waals surface area contributed by atoms with E-state index in [0.717, 1.165) is 5.69 Å². The lowest BCUT2D eigenvalue weighted by Gasteiger charge is -2.04. The van der Waals surface area contributed by atoms with Crippen LogP contribution in [0.5, 0.6) is 0 Å². The van der Waals surface area contributed by atoms with E-state index in [0.29, 0.717) is 10.4 Å². The smallest absolute Gasteiger partial charge is 0.233 e. The summed E-state index contributed by atoms with van der Waals surface area (Å²) in [6.45, 7) is 0. The van der Waals surface area contributed by atoms with Crippen molar-refractivity contribution in [1.82, 2.24) is 14.6 Å². The molecule has 3 aromatic rings. The summed E-state index contributed by atoms with van der Waals surface area (Å²) in [4.78, 5) is 0. The zero-order valence-corrected chi connectivity index (χ0v) is 10.7. The summed E-state index contributed by atoms with van der Waals surface area (Å²) in [7, 11) is 0. The summed E-state index contributed by atoms with van der Waals surface area (Å²) in [5.74, 6) is 0.0504. The van der Waals surface area contributed by atoms with Crippen molar-refractivity contribution in [3.8, 4) is 0 Å². The SMILES string of the molecule is Fc1cc(Br)cn2c(Nc3ccccc3)nnc12. The fourth-order valence-corrected chi connectivity index (χ4v) is 2.06. The molecule has 4 nitrogen and oxygen atoms in total. The Morgan fingerprint density at radius 3 is 2.72 bits per heavy atom. The first-order chi connectivity index (χ1) is 8.74. The maximum atomic E-state index is 13.6. The summed E-state index contributed by atoms with van der Waals surface area (Å²) in [5.41, 5.74) is 1.06. The van der Waals surface area contributed by atoms with Crippen LogP contribution < -0.4 is 5.32 Å². The number of nitrogens with one attached hydrogen (secondary N) is 1. The van der Waals surface area contributed by atoms with Gasteiger partial charge >= 0.3 is 0 Å². The van der Waals surface area contributed by atoms with E-state index in [-0.39, 0.29) is 5.65 Å². The molecule has 2 aromatic heterocycles. The van der Waals surface area contributed by atoms with Crippen LogP contribution in [0.2, 0.25) is 0 Å². The van der Waals surface area contributed by atoms with Gasteiger partial charge in [0, 0.05) is 16.4 Å². The second-order valence-electron chi connectivity index (χ2n) is 3.71. The maximum Gasteiger partial charge on any atom is 0.233 e. The minimum atomic E-state index is -0.419. The predicted molar refractivity (Wildman–Crippen MR) is 70.4 cm³/mol. The zero-order valence-electron chi connectivity index (χ0n) is 9.14. The Kier molecular flexibility index (Phi) is 2.71. The average molecular weight is 307 g/mol. The van der Waals surface area contributed by atoms with Crippen LogP contribution in [0.1, 0.15) is 0 Å². The highest BCUT2D eigenvalue weighted by molar-refractivity contribution is 9.10. The third kappa shape index (κ3) is 1.95. The van der Waals surface area contributed by atoms with Crippen molar-refractivity contribution in [3.63, 3.8) is 0 Å². The monoisotopic (exact) mass is 306 g/mol. The molecule has 0 saturated heterocycles. The Morgan fingerprint density at radius 1 is 1.17 bits per heavy atom. The molecule has 3 rings (SSSR count). The average Bonchev–Trinajstić information content (AvgIpc) is 2.74. The Labute approximate surface area is 111 Å². The van der Waals surface area contributed by atoms with Crippen molar-refractivity contribution in [1.29, 1.82) is 0 Å². The highest BCUT2D eigenvalue weighted by Crippen LogP contribution is 2.20. The number of fused-ring (bicyclic) bond motifs is 1. The van der Waals surface area contributed by atoms with Gasteiger partial charge in [0.1, 0.15) is 0 Å². The van der Waals surface area contributed by atoms with Crippen molar-refractivity contribution < 1.29 is 4.39 Å². The molecule has 0 fully saturated rings. The topological polar surface area (TPSA) is 42.2 Å². The van der Waals surface area contributed by atoms with Gasteiger partial charge in [0.2, 0.25) is 5.95 Å². The summed E-state index contributed by atoms with van der Waals surface area (Å²) in [6.07, 6.45) is 1.71. The van der Waals surface area contributed by atoms with Crippen LogP contribution in [0.3, 0.4) is 0 Å². The highest BCUT2D eigenvalue weighted by atomic mass is 79.9. The number of aromatic nitrogens is 3. The van der Waals surface area contributed by atoms with Crippen LogP contribution in [0, 0.1) is 5.82 Å². The Morgan fingerprint density at radius 2 is 1.94 bits per heavy atom. The molecular weight excluding hydrogens is 299 g/mol. The molecule has 90 valence electrons. The molecule has 0 aliphatic rings. The molecular formula is C12H8BrFN4. The van der Waals surface area contributed by atoms with Crippen molar-refractivity contribution in [2.75, 3.05) is 5.32 Å². The number of halogens is 2. The molecule has 0 saturated carbocycles. The maximum absolute atomic E-state index is 13.6. The summed E-state index contributed by atoms with van der Waals surface area (Å²) < 4.78 is 15.8. The van der Waals surface area contributed by atoms with Crippen LogP contribution in [-0.2, 0) is 0 Å². The van der Waals surface area contributed by atoms with E-state index in [9.17, 15) is 4.39 Å². The van der Waals surface area contributed by atoms with Gasteiger partial charge in [-0.2, -0.15) is 0 Å². The molecule has 0 bridgehead atoms. The van der Waals surface area contributed by atoms with Crippen molar-refractivity contribution in [3.05, 3.63) is 52.9 Å². The molecule has 0 aliphatic carbocycles. The molecule has 6 heteroatoms. The third-order valence-corrected chi connectivity index (χ3v) is 2.89. The van der Waals surface area contributed by atoms with E-state index in [1.807, 2.05) is 30.3 Å². The van der Waals surface area contributed by atoms with E-state index < -0.39 is 5.82 Å². The fraction of sp³-hybridized carbons (Fsp3) is 0. The first-order valence-electron chi connectivity index (χ1n) is 5.26. The molecule has 0 spiro atoms. The zero-order chi connectivity index (χ0) is 12.5. The van der Waals surface area contributed by atoms with Gasteiger partial charge in [0.25, 0.3) is 0 Å². The van der Waals surface area contributed by atoms with E-state index in [1.165, 1.54) is 6.07 Å². The lowest BCUT2D eigenvalue weighted by Crippen LogP contribution is -1.97. The minimum absolute atomic E-state index is 0.191. The molecule has 1 aromatic carbocycles. The first kappa shape index (κ1) is 11.2. The van der Waals surface area contributed by atoms with Gasteiger partial charge in [-0.1, -0.05) is 18.2 Å². The van der Waals surface area contributed by atoms with Gasteiger partial charge < -0.3 is 5.32 Å². The Bertz CT molecular complexity index is 696. The normalized spacial score (nSPS) is 10.8. The van der Waals surface area contributed by atoms with E-state index in [1.54, 1.807) is 10.6 Å². The van der Waals surface area contributed by atoms with Gasteiger partial charge in [-0.05, 0) is 34.1 Å². The molecule has 0 amide bonds. The fourth-order valence-electron chi connectivity index (χ4n) is 1.66. The molecule has 1 N–H and O–H groups in total. The van der Waals surface area contributed by atoms with Crippen molar-refractivity contribution >= 4 is 33.2 Å². The number of rotatable bonds is 2. The standard InChI is InChI=1S/C12H8BrFN4/c13-8-6-10(14)11-16-17-12(18(11)7-8)15-9-4-2-1-3-5-9/h1-7H,(H,15,17). The number of hydrogen-bond acceptors (Lipinski definition) is 3. The van der Waals surface area contributed by atoms with Crippen molar-refractivity contribution in [2.45, 2.75) is 0 Å². The highest BCUT2D eigenvalue weighted by Gasteiger charge is 2.10. The molecule has 0 atom stereocenters. The Balaban J connectivity index is 2.08. The molecule has 18 heavy (non-hydrogen) atoms. The molecule has 0 aliphatic heterocycles. The van der Waals surface area contributed by atoms with Gasteiger partial charge in [-0.3, -0.25) is 4.40 Å². The summed E-state index contributed by atoms with van der Waals surface area (Å²) in [5, 5.41) is 10.8. The van der Waals surface area contributed by atoms with E-state index >= 15 is 0 Å². The second kappa shape index (κ2) is 4.38. The number of hydrogen-bond donors (Lipinski definition) is 1. The van der Waals surface area contributed by atoms with Gasteiger partial charge in [0.15, 0.2) is 11.5 Å². The van der Waals surface area contributed by atoms with E-state index in [4.69, 9.17) is 0 Å². The van der Waals surface area contributed by atoms with Crippen molar-refractivity contribution in [2.24, 2.45) is 0 Å². The van der Waals surface area contributed by atoms with Crippen LogP contribution in [0.15, 0.2) is 47.1 Å². The summed E-state index contributed by atoms with van der Waals surface area (Å²) >= 11 is 3.24. The first-order valence-corrected chi connectivity index (χ1v) is 6.05. The van der Waals surface area contributed by atoms with Gasteiger partial charge in [-0.15, -0.1) is 10.2 Å². The second-order valence-corrected chi connectivity index (χ2v) is 4.63. The number of benzene rings is 1. The number of para-hydroxylation sites is 1. The van der Waals surface area contributed by atoms with Gasteiger partial charge in [0.05, 0.1) is 0 Å². The summed E-state index contributed by atoms with van der Waals surface area (Å²) in [6, 6.07) is 10.9. The lowest BCUT2D eigenvalue weighted by molar-refractivity contribution is 0.628. The number of pyridine rings is 1. The molecule has 0 unspecified atom stereocenters. The minimum Gasteiger partial charge on any atom is -0.324 e. The quantitative estimate of drug-likeness (QED) is 0.789. The number of anilines is 2. The van der Waals surface area contributed by atoms with Gasteiger partial charge in [-0.25, -0.2) is 4.39 Å². The lowest BCUT2D eigenvalue weighted by atomic mass is 10.3. The largest absolute Gasteiger partial charge is 0.324 e. The van der Waals surface area contributed by atoms with Crippen LogP contribution in [0.25, 0.3) is 5.65 Å². The molecule has 0 radical (unpaired) electrons. The van der Waals surface area contributed by atoms with Crippen LogP contribution in [-0.4, -0.2) is 14.6 Å². The third-order valence-electron chi connectivity index (χ3n) is 2.46. The van der Waals surface area contributed by atoms with Crippen LogP contribution in [0.4, 0.5) is 16.0 Å². The Hall–Kier alpha value is -1.95. The predicted octanol–water partition coefficient (Wildman–Crippen LogP) is 3.37. The van der Waals surface area contributed by atoms with E-state index in [2.05, 4.69) is 31.4 Å². The number of nitrogens with zero attached hydrogens (tertiary/aromatic N) is 3.